The summed E-state index contributed by atoms with van der Waals surface area (Å²) in [5.41, 5.74) is 1.96. The predicted octanol–water partition coefficient (Wildman–Crippen LogP) is 6.24. The van der Waals surface area contributed by atoms with Crippen LogP contribution in [0.15, 0.2) is 79.7 Å². The van der Waals surface area contributed by atoms with Crippen LogP contribution in [0.4, 0.5) is 5.69 Å². The molecule has 1 heterocycles. The standard InChI is InChI=1S/C21H20Cl3N3O2S/c1-15-7-9-17(10-8-15)30-21(19(27(28)29)18(22)20(23)24)26-13-11-25(12-14-26)16-5-3-2-4-6-16/h2-10H,11-14H2,1H3/b21-19-. The lowest BCUT2D eigenvalue weighted by Gasteiger charge is -2.37. The zero-order valence-corrected chi connectivity index (χ0v) is 19.3. The van der Waals surface area contributed by atoms with Gasteiger partial charge in [-0.15, -0.1) is 0 Å². The lowest BCUT2D eigenvalue weighted by Crippen LogP contribution is -2.46. The fraction of sp³-hybridized carbons (Fsp3) is 0.238. The summed E-state index contributed by atoms with van der Waals surface area (Å²) >= 11 is 19.1. The van der Waals surface area contributed by atoms with Crippen LogP contribution in [0, 0.1) is 17.0 Å². The number of halogens is 3. The van der Waals surface area contributed by atoms with Gasteiger partial charge in [-0.1, -0.05) is 82.5 Å². The predicted molar refractivity (Wildman–Crippen MR) is 126 cm³/mol. The highest BCUT2D eigenvalue weighted by Gasteiger charge is 2.31. The third kappa shape index (κ3) is 5.64. The van der Waals surface area contributed by atoms with Gasteiger partial charge < -0.3 is 9.80 Å². The molecule has 0 N–H and O–H groups in total. The zero-order chi connectivity index (χ0) is 21.7. The van der Waals surface area contributed by atoms with Gasteiger partial charge >= 0.3 is 5.70 Å². The Kier molecular flexibility index (Phi) is 7.94. The summed E-state index contributed by atoms with van der Waals surface area (Å²) in [7, 11) is 0. The monoisotopic (exact) mass is 483 g/mol. The van der Waals surface area contributed by atoms with Crippen molar-refractivity contribution in [2.75, 3.05) is 31.1 Å². The van der Waals surface area contributed by atoms with Crippen molar-refractivity contribution in [2.24, 2.45) is 0 Å². The van der Waals surface area contributed by atoms with Gasteiger partial charge in [-0.2, -0.15) is 0 Å². The van der Waals surface area contributed by atoms with Gasteiger partial charge in [0, 0.05) is 36.8 Å². The Balaban J connectivity index is 1.93. The van der Waals surface area contributed by atoms with Crippen LogP contribution in [0.25, 0.3) is 0 Å². The molecule has 0 unspecified atom stereocenters. The van der Waals surface area contributed by atoms with Crippen LogP contribution in [-0.4, -0.2) is 36.0 Å². The van der Waals surface area contributed by atoms with Crippen molar-refractivity contribution in [1.29, 1.82) is 0 Å². The molecule has 1 saturated heterocycles. The molecular weight excluding hydrogens is 465 g/mol. The van der Waals surface area contributed by atoms with Crippen LogP contribution >= 0.6 is 46.6 Å². The molecule has 2 aromatic rings. The maximum absolute atomic E-state index is 11.9. The maximum Gasteiger partial charge on any atom is 0.320 e. The number of hydrogen-bond donors (Lipinski definition) is 0. The normalized spacial score (nSPS) is 14.9. The molecule has 9 heteroatoms. The number of nitrogens with zero attached hydrogens (tertiary/aromatic N) is 3. The Hall–Kier alpha value is -1.86. The summed E-state index contributed by atoms with van der Waals surface area (Å²) in [5.74, 6) is 0. The van der Waals surface area contributed by atoms with E-state index in [9.17, 15) is 10.1 Å². The van der Waals surface area contributed by atoms with Crippen LogP contribution in [0.3, 0.4) is 0 Å². The van der Waals surface area contributed by atoms with E-state index in [2.05, 4.69) is 17.0 Å². The van der Waals surface area contributed by atoms with Crippen LogP contribution < -0.4 is 4.90 Å². The molecular formula is C21H20Cl3N3O2S. The number of piperazine rings is 1. The van der Waals surface area contributed by atoms with Crippen molar-refractivity contribution in [1.82, 2.24) is 4.90 Å². The molecule has 0 bridgehead atoms. The first-order chi connectivity index (χ1) is 14.4. The second kappa shape index (κ2) is 10.4. The lowest BCUT2D eigenvalue weighted by atomic mass is 10.2. The molecule has 1 aliphatic heterocycles. The molecule has 158 valence electrons. The highest BCUT2D eigenvalue weighted by Crippen LogP contribution is 2.38. The van der Waals surface area contributed by atoms with Crippen molar-refractivity contribution in [3.8, 4) is 0 Å². The second-order valence-corrected chi connectivity index (χ2v) is 9.10. The molecule has 0 aliphatic carbocycles. The van der Waals surface area contributed by atoms with Gasteiger partial charge in [-0.25, -0.2) is 0 Å². The number of nitro groups is 1. The number of thioether (sulfide) groups is 1. The minimum Gasteiger partial charge on any atom is -0.368 e. The average Bonchev–Trinajstić information content (AvgIpc) is 2.75. The van der Waals surface area contributed by atoms with Gasteiger partial charge in [0.05, 0.1) is 4.92 Å². The molecule has 30 heavy (non-hydrogen) atoms. The number of anilines is 1. The summed E-state index contributed by atoms with van der Waals surface area (Å²) in [6, 6.07) is 17.9. The molecule has 2 aromatic carbocycles. The van der Waals surface area contributed by atoms with E-state index in [-0.39, 0.29) is 15.2 Å². The zero-order valence-electron chi connectivity index (χ0n) is 16.2. The third-order valence-electron chi connectivity index (χ3n) is 4.68. The maximum atomic E-state index is 11.9. The first-order valence-corrected chi connectivity index (χ1v) is 11.2. The Bertz CT molecular complexity index is 953. The molecule has 0 amide bonds. The van der Waals surface area contributed by atoms with Gasteiger partial charge in [0.25, 0.3) is 0 Å². The minimum absolute atomic E-state index is 0.261. The van der Waals surface area contributed by atoms with Crippen LogP contribution in [0.1, 0.15) is 5.56 Å². The fourth-order valence-corrected chi connectivity index (χ4v) is 4.60. The van der Waals surface area contributed by atoms with E-state index in [4.69, 9.17) is 34.8 Å². The third-order valence-corrected chi connectivity index (χ3v) is 6.77. The van der Waals surface area contributed by atoms with Crippen LogP contribution in [-0.2, 0) is 0 Å². The molecule has 3 rings (SSSR count). The number of hydrogen-bond acceptors (Lipinski definition) is 5. The van der Waals surface area contributed by atoms with E-state index in [1.54, 1.807) is 0 Å². The van der Waals surface area contributed by atoms with Crippen LogP contribution in [0.5, 0.6) is 0 Å². The summed E-state index contributed by atoms with van der Waals surface area (Å²) in [6.07, 6.45) is 0. The van der Waals surface area contributed by atoms with Gasteiger partial charge in [0.1, 0.15) is 4.49 Å². The fourth-order valence-electron chi connectivity index (χ4n) is 3.13. The molecule has 0 atom stereocenters. The van der Waals surface area contributed by atoms with Crippen molar-refractivity contribution in [3.63, 3.8) is 0 Å². The molecule has 0 radical (unpaired) electrons. The largest absolute Gasteiger partial charge is 0.368 e. The Labute approximate surface area is 195 Å². The Morgan fingerprint density at radius 1 is 0.967 bits per heavy atom. The minimum atomic E-state index is -0.521. The highest BCUT2D eigenvalue weighted by atomic mass is 35.5. The topological polar surface area (TPSA) is 49.6 Å². The van der Waals surface area contributed by atoms with Crippen molar-refractivity contribution < 1.29 is 4.92 Å². The van der Waals surface area contributed by atoms with E-state index in [0.717, 1.165) is 29.2 Å². The van der Waals surface area contributed by atoms with E-state index in [1.165, 1.54) is 11.8 Å². The van der Waals surface area contributed by atoms with Gasteiger partial charge in [0.15, 0.2) is 10.1 Å². The molecule has 0 aromatic heterocycles. The van der Waals surface area contributed by atoms with Gasteiger partial charge in [-0.05, 0) is 31.2 Å². The number of allylic oxidation sites excluding steroid dienone is 1. The summed E-state index contributed by atoms with van der Waals surface area (Å²) in [6.45, 7) is 4.64. The molecule has 1 aliphatic rings. The number of aryl methyl sites for hydroxylation is 1. The van der Waals surface area contributed by atoms with Crippen molar-refractivity contribution >= 4 is 52.3 Å². The SMILES string of the molecule is Cc1ccc(S/C(=C(/C(Cl)=C(Cl)Cl)[N+](=O)[O-])N2CCN(c3ccccc3)CC2)cc1. The van der Waals surface area contributed by atoms with Gasteiger partial charge in [0.2, 0.25) is 0 Å². The Morgan fingerprint density at radius 3 is 2.10 bits per heavy atom. The summed E-state index contributed by atoms with van der Waals surface area (Å²) in [4.78, 5) is 16.5. The number of benzene rings is 2. The number of rotatable bonds is 6. The van der Waals surface area contributed by atoms with E-state index < -0.39 is 4.92 Å². The van der Waals surface area contributed by atoms with Crippen LogP contribution in [0.2, 0.25) is 0 Å². The smallest absolute Gasteiger partial charge is 0.320 e. The average molecular weight is 485 g/mol. The molecule has 0 saturated carbocycles. The molecule has 1 fully saturated rings. The van der Waals surface area contributed by atoms with E-state index in [1.807, 2.05) is 54.3 Å². The lowest BCUT2D eigenvalue weighted by molar-refractivity contribution is -0.421. The second-order valence-electron chi connectivity index (χ2n) is 6.71. The quantitative estimate of drug-likeness (QED) is 0.210. The summed E-state index contributed by atoms with van der Waals surface area (Å²) < 4.78 is -0.326. The van der Waals surface area contributed by atoms with Gasteiger partial charge in [-0.3, -0.25) is 10.1 Å². The first kappa shape index (κ1) is 22.8. The van der Waals surface area contributed by atoms with Crippen molar-refractivity contribution in [2.45, 2.75) is 11.8 Å². The first-order valence-electron chi connectivity index (χ1n) is 9.26. The number of para-hydroxylation sites is 1. The summed E-state index contributed by atoms with van der Waals surface area (Å²) in [5, 5.41) is 12.1. The Morgan fingerprint density at radius 2 is 1.57 bits per heavy atom. The van der Waals surface area contributed by atoms with Crippen molar-refractivity contribution in [3.05, 3.63) is 90.5 Å². The molecule has 5 nitrogen and oxygen atoms in total. The highest BCUT2D eigenvalue weighted by molar-refractivity contribution is 8.03. The van der Waals surface area contributed by atoms with E-state index in [0.29, 0.717) is 18.1 Å². The molecule has 0 spiro atoms. The van der Waals surface area contributed by atoms with E-state index >= 15 is 0 Å².